The Hall–Kier alpha value is -2.35. The van der Waals surface area contributed by atoms with Gasteiger partial charge < -0.3 is 9.73 Å². The lowest BCUT2D eigenvalue weighted by atomic mass is 10.3. The quantitative estimate of drug-likeness (QED) is 0.836. The summed E-state index contributed by atoms with van der Waals surface area (Å²) in [5.41, 5.74) is 0.357. The Morgan fingerprint density at radius 2 is 2.38 bits per heavy atom. The van der Waals surface area contributed by atoms with Gasteiger partial charge in [-0.15, -0.1) is 0 Å². The van der Waals surface area contributed by atoms with Gasteiger partial charge in [0.05, 0.1) is 6.26 Å². The number of aromatic nitrogens is 2. The van der Waals surface area contributed by atoms with Crippen LogP contribution in [0.4, 0.5) is 5.95 Å². The molecule has 2 heterocycles. The maximum Gasteiger partial charge on any atom is 0.223 e. The van der Waals surface area contributed by atoms with Gasteiger partial charge in [0.15, 0.2) is 0 Å². The van der Waals surface area contributed by atoms with Crippen molar-refractivity contribution in [2.75, 3.05) is 11.9 Å². The first-order valence-electron chi connectivity index (χ1n) is 4.88. The molecule has 0 aliphatic heterocycles. The third kappa shape index (κ3) is 2.58. The van der Waals surface area contributed by atoms with Gasteiger partial charge in [-0.3, -0.25) is 0 Å². The van der Waals surface area contributed by atoms with Crippen molar-refractivity contribution >= 4 is 5.95 Å². The van der Waals surface area contributed by atoms with Gasteiger partial charge in [-0.05, 0) is 18.2 Å². The number of nitrogens with one attached hydrogen (secondary N) is 1. The molecule has 2 aromatic heterocycles. The number of nitrogens with zero attached hydrogens (tertiary/aromatic N) is 3. The van der Waals surface area contributed by atoms with E-state index in [9.17, 15) is 0 Å². The number of furan rings is 1. The molecule has 5 nitrogen and oxygen atoms in total. The Morgan fingerprint density at radius 1 is 1.44 bits per heavy atom. The fourth-order valence-corrected chi connectivity index (χ4v) is 1.26. The Labute approximate surface area is 92.8 Å². The van der Waals surface area contributed by atoms with Crippen molar-refractivity contribution in [3.63, 3.8) is 0 Å². The number of rotatable bonds is 4. The highest BCUT2D eigenvalue weighted by molar-refractivity contribution is 5.30. The van der Waals surface area contributed by atoms with Gasteiger partial charge in [-0.1, -0.05) is 0 Å². The Morgan fingerprint density at radius 3 is 3.12 bits per heavy atom. The molecule has 0 saturated carbocycles. The maximum atomic E-state index is 8.65. The maximum absolute atomic E-state index is 8.65. The molecular weight excluding hydrogens is 204 g/mol. The normalized spacial score (nSPS) is 9.69. The molecule has 0 saturated heterocycles. The number of hydrogen-bond donors (Lipinski definition) is 1. The highest BCUT2D eigenvalue weighted by Crippen LogP contribution is 2.02. The van der Waals surface area contributed by atoms with Gasteiger partial charge in [-0.2, -0.15) is 5.26 Å². The minimum absolute atomic E-state index is 0.357. The van der Waals surface area contributed by atoms with Crippen molar-refractivity contribution in [3.05, 3.63) is 42.1 Å². The fourth-order valence-electron chi connectivity index (χ4n) is 1.26. The number of hydrogen-bond acceptors (Lipinski definition) is 5. The third-order valence-electron chi connectivity index (χ3n) is 2.00. The van der Waals surface area contributed by atoms with E-state index in [1.165, 1.54) is 0 Å². The molecule has 80 valence electrons. The van der Waals surface area contributed by atoms with Crippen molar-refractivity contribution in [1.29, 1.82) is 5.26 Å². The van der Waals surface area contributed by atoms with Crippen LogP contribution in [0.1, 0.15) is 11.5 Å². The summed E-state index contributed by atoms with van der Waals surface area (Å²) in [7, 11) is 0. The summed E-state index contributed by atoms with van der Waals surface area (Å²) in [4.78, 5) is 8.00. The van der Waals surface area contributed by atoms with Crippen molar-refractivity contribution in [2.45, 2.75) is 6.42 Å². The van der Waals surface area contributed by atoms with Crippen LogP contribution in [0.5, 0.6) is 0 Å². The highest BCUT2D eigenvalue weighted by atomic mass is 16.3. The zero-order chi connectivity index (χ0) is 11.2. The van der Waals surface area contributed by atoms with Crippen LogP contribution in [0.25, 0.3) is 0 Å². The molecule has 16 heavy (non-hydrogen) atoms. The summed E-state index contributed by atoms with van der Waals surface area (Å²) in [6, 6.07) is 7.29. The van der Waals surface area contributed by atoms with E-state index in [0.717, 1.165) is 12.2 Å². The van der Waals surface area contributed by atoms with E-state index >= 15 is 0 Å². The summed E-state index contributed by atoms with van der Waals surface area (Å²) in [5.74, 6) is 1.37. The van der Waals surface area contributed by atoms with Crippen molar-refractivity contribution < 1.29 is 4.42 Å². The van der Waals surface area contributed by atoms with Crippen LogP contribution >= 0.6 is 0 Å². The zero-order valence-electron chi connectivity index (χ0n) is 8.55. The highest BCUT2D eigenvalue weighted by Gasteiger charge is 1.99. The standard InChI is InChI=1S/C11H10N4O/c12-8-9-3-5-13-11(15-9)14-6-4-10-2-1-7-16-10/h1-3,5,7H,4,6H2,(H,13,14,15). The van der Waals surface area contributed by atoms with Crippen LogP contribution in [0.3, 0.4) is 0 Å². The largest absolute Gasteiger partial charge is 0.469 e. The predicted octanol–water partition coefficient (Wildman–Crippen LogP) is 1.60. The lowest BCUT2D eigenvalue weighted by molar-refractivity contribution is 0.512. The van der Waals surface area contributed by atoms with E-state index in [0.29, 0.717) is 18.2 Å². The smallest absolute Gasteiger partial charge is 0.223 e. The van der Waals surface area contributed by atoms with E-state index in [1.807, 2.05) is 18.2 Å². The average Bonchev–Trinajstić information content (AvgIpc) is 2.82. The van der Waals surface area contributed by atoms with Crippen LogP contribution in [0, 0.1) is 11.3 Å². The SMILES string of the molecule is N#Cc1ccnc(NCCc2ccco2)n1. The molecule has 0 aromatic carbocycles. The van der Waals surface area contributed by atoms with E-state index in [4.69, 9.17) is 9.68 Å². The summed E-state index contributed by atoms with van der Waals surface area (Å²) < 4.78 is 5.18. The van der Waals surface area contributed by atoms with Crippen molar-refractivity contribution in [3.8, 4) is 6.07 Å². The number of nitriles is 1. The minimum atomic E-state index is 0.357. The van der Waals surface area contributed by atoms with Gasteiger partial charge in [0.25, 0.3) is 0 Å². The Balaban J connectivity index is 1.88. The van der Waals surface area contributed by atoms with E-state index < -0.39 is 0 Å². The third-order valence-corrected chi connectivity index (χ3v) is 2.00. The second-order valence-electron chi connectivity index (χ2n) is 3.13. The summed E-state index contributed by atoms with van der Waals surface area (Å²) >= 11 is 0. The lowest BCUT2D eigenvalue weighted by Crippen LogP contribution is -2.07. The topological polar surface area (TPSA) is 74.7 Å². The van der Waals surface area contributed by atoms with Crippen molar-refractivity contribution in [1.82, 2.24) is 9.97 Å². The summed E-state index contributed by atoms with van der Waals surface area (Å²) in [6.45, 7) is 0.669. The second kappa shape index (κ2) is 4.94. The molecule has 0 fully saturated rings. The fraction of sp³-hybridized carbons (Fsp3) is 0.182. The summed E-state index contributed by atoms with van der Waals surface area (Å²) in [5, 5.41) is 11.7. The molecule has 0 bridgehead atoms. The van der Waals surface area contributed by atoms with Crippen LogP contribution < -0.4 is 5.32 Å². The first kappa shape index (κ1) is 10.2. The zero-order valence-corrected chi connectivity index (χ0v) is 8.55. The van der Waals surface area contributed by atoms with Crippen LogP contribution in [-0.4, -0.2) is 16.5 Å². The van der Waals surface area contributed by atoms with Crippen LogP contribution in [0.2, 0.25) is 0 Å². The van der Waals surface area contributed by atoms with E-state index in [2.05, 4.69) is 15.3 Å². The van der Waals surface area contributed by atoms with Gasteiger partial charge in [0.1, 0.15) is 17.5 Å². The number of anilines is 1. The first-order valence-corrected chi connectivity index (χ1v) is 4.88. The molecule has 0 atom stereocenters. The molecule has 2 rings (SSSR count). The molecule has 0 amide bonds. The Bertz CT molecular complexity index is 487. The van der Waals surface area contributed by atoms with Gasteiger partial charge in [-0.25, -0.2) is 9.97 Å². The molecular formula is C11H10N4O. The van der Waals surface area contributed by atoms with Crippen molar-refractivity contribution in [2.24, 2.45) is 0 Å². The molecule has 5 heteroatoms. The van der Waals surface area contributed by atoms with E-state index in [-0.39, 0.29) is 0 Å². The Kier molecular flexibility index (Phi) is 3.14. The average molecular weight is 214 g/mol. The molecule has 1 N–H and O–H groups in total. The predicted molar refractivity (Wildman–Crippen MR) is 57.6 cm³/mol. The molecule has 0 aliphatic carbocycles. The molecule has 0 aliphatic rings. The van der Waals surface area contributed by atoms with E-state index in [1.54, 1.807) is 18.5 Å². The molecule has 0 radical (unpaired) electrons. The molecule has 0 unspecified atom stereocenters. The first-order chi connectivity index (χ1) is 7.88. The van der Waals surface area contributed by atoms with Gasteiger partial charge >= 0.3 is 0 Å². The monoisotopic (exact) mass is 214 g/mol. The molecule has 2 aromatic rings. The lowest BCUT2D eigenvalue weighted by Gasteiger charge is -2.02. The van der Waals surface area contributed by atoms with Gasteiger partial charge in [0, 0.05) is 19.2 Å². The van der Waals surface area contributed by atoms with Gasteiger partial charge in [0.2, 0.25) is 5.95 Å². The minimum Gasteiger partial charge on any atom is -0.469 e. The second-order valence-corrected chi connectivity index (χ2v) is 3.13. The van der Waals surface area contributed by atoms with Crippen LogP contribution in [0.15, 0.2) is 35.1 Å². The summed E-state index contributed by atoms with van der Waals surface area (Å²) in [6.07, 6.45) is 3.95. The van der Waals surface area contributed by atoms with Crippen LogP contribution in [-0.2, 0) is 6.42 Å². The molecule has 0 spiro atoms.